The van der Waals surface area contributed by atoms with Crippen LogP contribution in [0.2, 0.25) is 0 Å². The molecule has 1 rings (SSSR count). The molecule has 0 N–H and O–H groups in total. The van der Waals surface area contributed by atoms with Crippen LogP contribution in [0.25, 0.3) is 0 Å². The summed E-state index contributed by atoms with van der Waals surface area (Å²) in [6, 6.07) is 0. The van der Waals surface area contributed by atoms with Gasteiger partial charge >= 0.3 is 5.97 Å². The van der Waals surface area contributed by atoms with Gasteiger partial charge in [-0.2, -0.15) is 0 Å². The summed E-state index contributed by atoms with van der Waals surface area (Å²) in [6.07, 6.45) is 2.90. The summed E-state index contributed by atoms with van der Waals surface area (Å²) in [5.41, 5.74) is 0.638. The largest absolute Gasteiger partial charge is 0.463 e. The molecule has 1 fully saturated rings. The highest BCUT2D eigenvalue weighted by Crippen LogP contribution is 2.40. The molecular formula is C16H26O3. The van der Waals surface area contributed by atoms with E-state index in [0.29, 0.717) is 30.9 Å². The van der Waals surface area contributed by atoms with Crippen LogP contribution in [0.1, 0.15) is 53.4 Å². The van der Waals surface area contributed by atoms with Gasteiger partial charge in [-0.3, -0.25) is 4.79 Å². The van der Waals surface area contributed by atoms with Crippen LogP contribution in [0.4, 0.5) is 0 Å². The van der Waals surface area contributed by atoms with E-state index in [4.69, 9.17) is 4.74 Å². The first-order chi connectivity index (χ1) is 8.75. The molecule has 19 heavy (non-hydrogen) atoms. The van der Waals surface area contributed by atoms with Crippen molar-refractivity contribution in [2.75, 3.05) is 6.61 Å². The van der Waals surface area contributed by atoms with Crippen molar-refractivity contribution in [2.24, 2.45) is 17.3 Å². The Morgan fingerprint density at radius 2 is 2.05 bits per heavy atom. The van der Waals surface area contributed by atoms with Crippen LogP contribution in [-0.4, -0.2) is 18.4 Å². The topological polar surface area (TPSA) is 43.4 Å². The van der Waals surface area contributed by atoms with Gasteiger partial charge in [-0.15, -0.1) is 0 Å². The lowest BCUT2D eigenvalue weighted by molar-refractivity contribution is -0.138. The van der Waals surface area contributed by atoms with Crippen molar-refractivity contribution < 1.29 is 14.3 Å². The van der Waals surface area contributed by atoms with Crippen LogP contribution in [0.3, 0.4) is 0 Å². The van der Waals surface area contributed by atoms with Gasteiger partial charge in [-0.1, -0.05) is 27.4 Å². The maximum Gasteiger partial charge on any atom is 0.333 e. The minimum atomic E-state index is -0.367. The number of rotatable bonds is 4. The lowest BCUT2D eigenvalue weighted by atomic mass is 9.67. The number of esters is 1. The van der Waals surface area contributed by atoms with Crippen molar-refractivity contribution in [2.45, 2.75) is 53.4 Å². The monoisotopic (exact) mass is 266 g/mol. The molecule has 0 unspecified atom stereocenters. The van der Waals surface area contributed by atoms with E-state index in [9.17, 15) is 9.59 Å². The Bertz CT molecular complexity index is 363. The van der Waals surface area contributed by atoms with Gasteiger partial charge in [0.05, 0.1) is 6.61 Å². The van der Waals surface area contributed by atoms with E-state index in [-0.39, 0.29) is 23.1 Å². The Kier molecular flexibility index (Phi) is 5.33. The van der Waals surface area contributed by atoms with Crippen molar-refractivity contribution in [1.29, 1.82) is 0 Å². The zero-order chi connectivity index (χ0) is 14.6. The summed E-state index contributed by atoms with van der Waals surface area (Å²) in [6.45, 7) is 12.5. The summed E-state index contributed by atoms with van der Waals surface area (Å²) in [5, 5.41) is 0. The molecular weight excluding hydrogens is 240 g/mol. The van der Waals surface area contributed by atoms with Gasteiger partial charge in [0, 0.05) is 17.9 Å². The van der Waals surface area contributed by atoms with Crippen molar-refractivity contribution in [3.05, 3.63) is 12.2 Å². The zero-order valence-electron chi connectivity index (χ0n) is 12.6. The minimum Gasteiger partial charge on any atom is -0.463 e. The van der Waals surface area contributed by atoms with Crippen LogP contribution in [0.15, 0.2) is 12.2 Å². The predicted molar refractivity (Wildman–Crippen MR) is 75.7 cm³/mol. The van der Waals surface area contributed by atoms with Crippen LogP contribution >= 0.6 is 0 Å². The number of hydrogen-bond acceptors (Lipinski definition) is 3. The molecule has 1 saturated carbocycles. The zero-order valence-corrected chi connectivity index (χ0v) is 12.6. The van der Waals surface area contributed by atoms with E-state index in [1.165, 1.54) is 0 Å². The second-order valence-corrected chi connectivity index (χ2v) is 6.53. The highest BCUT2D eigenvalue weighted by Gasteiger charge is 2.35. The van der Waals surface area contributed by atoms with E-state index in [2.05, 4.69) is 27.4 Å². The third kappa shape index (κ3) is 4.48. The SMILES string of the molecule is C=C(C[C@@H]1C[C@@H](C(C)(C)C)CCC1=O)C(=O)OCC. The smallest absolute Gasteiger partial charge is 0.333 e. The Morgan fingerprint density at radius 1 is 1.42 bits per heavy atom. The first-order valence-electron chi connectivity index (χ1n) is 7.13. The molecule has 2 atom stereocenters. The van der Waals surface area contributed by atoms with Gasteiger partial charge in [-0.25, -0.2) is 4.79 Å². The van der Waals surface area contributed by atoms with Crippen molar-refractivity contribution in [3.63, 3.8) is 0 Å². The summed E-state index contributed by atoms with van der Waals surface area (Å²) in [5.74, 6) is 0.374. The maximum absolute atomic E-state index is 12.0. The van der Waals surface area contributed by atoms with Crippen molar-refractivity contribution >= 4 is 11.8 Å². The molecule has 0 saturated heterocycles. The molecule has 0 spiro atoms. The van der Waals surface area contributed by atoms with Crippen molar-refractivity contribution in [1.82, 2.24) is 0 Å². The Balaban J connectivity index is 2.63. The number of Topliss-reactive ketones (excluding diaryl/α,β-unsaturated/α-hetero) is 1. The van der Waals surface area contributed by atoms with Crippen LogP contribution in [0.5, 0.6) is 0 Å². The fourth-order valence-electron chi connectivity index (χ4n) is 2.71. The third-order valence-electron chi connectivity index (χ3n) is 4.05. The number of carbonyl (C=O) groups is 2. The highest BCUT2D eigenvalue weighted by atomic mass is 16.5. The third-order valence-corrected chi connectivity index (χ3v) is 4.05. The number of hydrogen-bond donors (Lipinski definition) is 0. The average Bonchev–Trinajstić information content (AvgIpc) is 2.30. The molecule has 3 heteroatoms. The Labute approximate surface area is 116 Å². The number of carbonyl (C=O) groups excluding carboxylic acids is 2. The second kappa shape index (κ2) is 6.36. The maximum atomic E-state index is 12.0. The van der Waals surface area contributed by atoms with Gasteiger partial charge in [0.1, 0.15) is 5.78 Å². The van der Waals surface area contributed by atoms with Gasteiger partial charge < -0.3 is 4.74 Å². The fourth-order valence-corrected chi connectivity index (χ4v) is 2.71. The molecule has 1 aliphatic carbocycles. The molecule has 0 bridgehead atoms. The van der Waals surface area contributed by atoms with Crippen molar-refractivity contribution in [3.8, 4) is 0 Å². The Hall–Kier alpha value is -1.12. The predicted octanol–water partition coefficient (Wildman–Crippen LogP) is 3.53. The summed E-state index contributed by atoms with van der Waals surface area (Å²) in [4.78, 5) is 23.6. The summed E-state index contributed by atoms with van der Waals surface area (Å²) >= 11 is 0. The second-order valence-electron chi connectivity index (χ2n) is 6.53. The van der Waals surface area contributed by atoms with Gasteiger partial charge in [0.25, 0.3) is 0 Å². The minimum absolute atomic E-state index is 0.0603. The molecule has 108 valence electrons. The van der Waals surface area contributed by atoms with E-state index in [0.717, 1.165) is 12.8 Å². The lowest BCUT2D eigenvalue weighted by Crippen LogP contribution is -2.32. The number of ether oxygens (including phenoxy) is 1. The Morgan fingerprint density at radius 3 is 2.58 bits per heavy atom. The quantitative estimate of drug-likeness (QED) is 0.577. The van der Waals surface area contributed by atoms with Crippen LogP contribution < -0.4 is 0 Å². The average molecular weight is 266 g/mol. The summed E-state index contributed by atoms with van der Waals surface area (Å²) < 4.78 is 4.92. The molecule has 0 amide bonds. The molecule has 1 aliphatic rings. The van der Waals surface area contributed by atoms with Gasteiger partial charge in [0.2, 0.25) is 0 Å². The normalized spacial score (nSPS) is 24.1. The molecule has 0 aromatic heterocycles. The van der Waals surface area contributed by atoms with E-state index in [1.54, 1.807) is 6.92 Å². The van der Waals surface area contributed by atoms with E-state index in [1.807, 2.05) is 0 Å². The molecule has 0 heterocycles. The van der Waals surface area contributed by atoms with Gasteiger partial charge in [0.15, 0.2) is 0 Å². The van der Waals surface area contributed by atoms with Crippen LogP contribution in [0, 0.1) is 17.3 Å². The summed E-state index contributed by atoms with van der Waals surface area (Å²) in [7, 11) is 0. The van der Waals surface area contributed by atoms with Crippen LogP contribution in [-0.2, 0) is 14.3 Å². The molecule has 0 aromatic carbocycles. The molecule has 0 aromatic rings. The first kappa shape index (κ1) is 15.9. The highest BCUT2D eigenvalue weighted by molar-refractivity contribution is 5.90. The standard InChI is InChI=1S/C16H26O3/c1-6-19-15(18)11(2)9-12-10-13(16(3,4)5)7-8-14(12)17/h12-13H,2,6-10H2,1,3-5H3/t12-,13+/m1/s1. The van der Waals surface area contributed by atoms with E-state index >= 15 is 0 Å². The van der Waals surface area contributed by atoms with Gasteiger partial charge in [-0.05, 0) is 37.5 Å². The molecule has 0 radical (unpaired) electrons. The molecule has 3 nitrogen and oxygen atoms in total. The number of ketones is 1. The first-order valence-corrected chi connectivity index (χ1v) is 7.13. The van der Waals surface area contributed by atoms with E-state index < -0.39 is 0 Å². The fraction of sp³-hybridized carbons (Fsp3) is 0.750. The molecule has 0 aliphatic heterocycles. The lowest BCUT2D eigenvalue weighted by Gasteiger charge is -2.37.